The van der Waals surface area contributed by atoms with Crippen LogP contribution in [-0.4, -0.2) is 30.7 Å². The SMILES string of the molecule is CCCNc1cc(-c2ccc(OC)cc2OC)ncn1. The number of ether oxygens (including phenoxy) is 2. The van der Waals surface area contributed by atoms with Gasteiger partial charge in [-0.15, -0.1) is 0 Å². The highest BCUT2D eigenvalue weighted by atomic mass is 16.5. The number of hydrogen-bond donors (Lipinski definition) is 1. The number of rotatable bonds is 6. The first-order valence-electron chi connectivity index (χ1n) is 6.56. The molecule has 0 bridgehead atoms. The maximum atomic E-state index is 5.40. The lowest BCUT2D eigenvalue weighted by Gasteiger charge is -2.11. The van der Waals surface area contributed by atoms with Crippen LogP contribution in [0.25, 0.3) is 11.3 Å². The Morgan fingerprint density at radius 2 is 1.95 bits per heavy atom. The van der Waals surface area contributed by atoms with Gasteiger partial charge in [-0.1, -0.05) is 6.92 Å². The molecule has 1 heterocycles. The van der Waals surface area contributed by atoms with Crippen LogP contribution >= 0.6 is 0 Å². The Morgan fingerprint density at radius 3 is 2.65 bits per heavy atom. The molecule has 106 valence electrons. The standard InChI is InChI=1S/C15H19N3O2/c1-4-7-16-15-9-13(17-10-18-15)12-6-5-11(19-2)8-14(12)20-3/h5-6,8-10H,4,7H2,1-3H3,(H,16,17,18). The minimum atomic E-state index is 0.726. The first kappa shape index (κ1) is 14.1. The molecule has 1 N–H and O–H groups in total. The molecule has 0 saturated heterocycles. The Morgan fingerprint density at radius 1 is 1.10 bits per heavy atom. The van der Waals surface area contributed by atoms with Gasteiger partial charge in [0.25, 0.3) is 0 Å². The third-order valence-electron chi connectivity index (χ3n) is 2.91. The molecule has 0 aliphatic heterocycles. The van der Waals surface area contributed by atoms with Gasteiger partial charge >= 0.3 is 0 Å². The van der Waals surface area contributed by atoms with E-state index in [9.17, 15) is 0 Å². The molecule has 0 radical (unpaired) electrons. The molecule has 0 aliphatic rings. The van der Waals surface area contributed by atoms with Crippen LogP contribution in [0.2, 0.25) is 0 Å². The van der Waals surface area contributed by atoms with Crippen LogP contribution in [0, 0.1) is 0 Å². The number of methoxy groups -OCH3 is 2. The molecule has 1 aromatic carbocycles. The van der Waals surface area contributed by atoms with E-state index in [0.717, 1.165) is 41.5 Å². The second-order valence-electron chi connectivity index (χ2n) is 4.28. The average Bonchev–Trinajstić information content (AvgIpc) is 2.52. The molecule has 5 heteroatoms. The van der Waals surface area contributed by atoms with Crippen LogP contribution in [0.1, 0.15) is 13.3 Å². The quantitative estimate of drug-likeness (QED) is 0.876. The number of hydrogen-bond acceptors (Lipinski definition) is 5. The molecule has 20 heavy (non-hydrogen) atoms. The van der Waals surface area contributed by atoms with Crippen molar-refractivity contribution in [3.63, 3.8) is 0 Å². The van der Waals surface area contributed by atoms with Gasteiger partial charge in [0, 0.05) is 24.2 Å². The summed E-state index contributed by atoms with van der Waals surface area (Å²) in [5.41, 5.74) is 1.73. The molecular formula is C15H19N3O2. The third kappa shape index (κ3) is 3.17. The summed E-state index contributed by atoms with van der Waals surface area (Å²) >= 11 is 0. The number of aromatic nitrogens is 2. The Bertz CT molecular complexity index is 573. The third-order valence-corrected chi connectivity index (χ3v) is 2.91. The first-order valence-corrected chi connectivity index (χ1v) is 6.56. The summed E-state index contributed by atoms with van der Waals surface area (Å²) in [5.74, 6) is 2.29. The number of nitrogens with zero attached hydrogens (tertiary/aromatic N) is 2. The zero-order chi connectivity index (χ0) is 14.4. The second kappa shape index (κ2) is 6.75. The van der Waals surface area contributed by atoms with Crippen LogP contribution in [0.5, 0.6) is 11.5 Å². The monoisotopic (exact) mass is 273 g/mol. The van der Waals surface area contributed by atoms with Crippen LogP contribution in [0.4, 0.5) is 5.82 Å². The van der Waals surface area contributed by atoms with E-state index < -0.39 is 0 Å². The van der Waals surface area contributed by atoms with E-state index in [1.165, 1.54) is 0 Å². The van der Waals surface area contributed by atoms with Crippen molar-refractivity contribution in [1.29, 1.82) is 0 Å². The maximum Gasteiger partial charge on any atom is 0.131 e. The predicted octanol–water partition coefficient (Wildman–Crippen LogP) is 2.98. The minimum absolute atomic E-state index is 0.726. The first-order chi connectivity index (χ1) is 9.78. The molecule has 0 atom stereocenters. The highest BCUT2D eigenvalue weighted by molar-refractivity contribution is 5.70. The molecule has 5 nitrogen and oxygen atoms in total. The van der Waals surface area contributed by atoms with E-state index in [1.807, 2.05) is 24.3 Å². The smallest absolute Gasteiger partial charge is 0.131 e. The number of benzene rings is 1. The van der Waals surface area contributed by atoms with Crippen LogP contribution in [0.15, 0.2) is 30.6 Å². The summed E-state index contributed by atoms with van der Waals surface area (Å²) in [4.78, 5) is 8.51. The van der Waals surface area contributed by atoms with Crippen molar-refractivity contribution in [2.24, 2.45) is 0 Å². The summed E-state index contributed by atoms with van der Waals surface area (Å²) in [6.45, 7) is 3.00. The van der Waals surface area contributed by atoms with E-state index >= 15 is 0 Å². The fourth-order valence-electron chi connectivity index (χ4n) is 1.86. The van der Waals surface area contributed by atoms with Gasteiger partial charge in [0.1, 0.15) is 23.6 Å². The highest BCUT2D eigenvalue weighted by Gasteiger charge is 2.09. The van der Waals surface area contributed by atoms with Crippen LogP contribution < -0.4 is 14.8 Å². The Kier molecular flexibility index (Phi) is 4.76. The van der Waals surface area contributed by atoms with Crippen LogP contribution in [0.3, 0.4) is 0 Å². The van der Waals surface area contributed by atoms with Gasteiger partial charge in [-0.05, 0) is 18.6 Å². The van der Waals surface area contributed by atoms with Crippen molar-refractivity contribution in [2.75, 3.05) is 26.1 Å². The van der Waals surface area contributed by atoms with Crippen molar-refractivity contribution in [3.05, 3.63) is 30.6 Å². The van der Waals surface area contributed by atoms with Gasteiger partial charge in [0.05, 0.1) is 19.9 Å². The molecule has 0 spiro atoms. The zero-order valence-electron chi connectivity index (χ0n) is 12.0. The Labute approximate surface area is 119 Å². The molecular weight excluding hydrogens is 254 g/mol. The fraction of sp³-hybridized carbons (Fsp3) is 0.333. The van der Waals surface area contributed by atoms with Gasteiger partial charge in [-0.25, -0.2) is 9.97 Å². The molecule has 2 rings (SSSR count). The van der Waals surface area contributed by atoms with E-state index in [0.29, 0.717) is 0 Å². The van der Waals surface area contributed by atoms with Gasteiger partial charge in [0.15, 0.2) is 0 Å². The Balaban J connectivity index is 2.35. The van der Waals surface area contributed by atoms with Crippen molar-refractivity contribution >= 4 is 5.82 Å². The zero-order valence-corrected chi connectivity index (χ0v) is 12.0. The average molecular weight is 273 g/mol. The summed E-state index contributed by atoms with van der Waals surface area (Å²) < 4.78 is 10.6. The minimum Gasteiger partial charge on any atom is -0.497 e. The van der Waals surface area contributed by atoms with Crippen molar-refractivity contribution in [1.82, 2.24) is 9.97 Å². The molecule has 2 aromatic rings. The molecule has 0 unspecified atom stereocenters. The fourth-order valence-corrected chi connectivity index (χ4v) is 1.86. The maximum absolute atomic E-state index is 5.40. The molecule has 0 amide bonds. The van der Waals surface area contributed by atoms with Crippen LogP contribution in [-0.2, 0) is 0 Å². The van der Waals surface area contributed by atoms with Crippen molar-refractivity contribution in [3.8, 4) is 22.8 Å². The summed E-state index contributed by atoms with van der Waals surface area (Å²) in [6.07, 6.45) is 2.60. The van der Waals surface area contributed by atoms with Gasteiger partial charge < -0.3 is 14.8 Å². The summed E-state index contributed by atoms with van der Waals surface area (Å²) in [7, 11) is 3.27. The Hall–Kier alpha value is -2.30. The van der Waals surface area contributed by atoms with E-state index in [-0.39, 0.29) is 0 Å². The lowest BCUT2D eigenvalue weighted by Crippen LogP contribution is -2.02. The summed E-state index contributed by atoms with van der Waals surface area (Å²) in [6, 6.07) is 7.58. The lowest BCUT2D eigenvalue weighted by atomic mass is 10.1. The second-order valence-corrected chi connectivity index (χ2v) is 4.28. The van der Waals surface area contributed by atoms with Crippen molar-refractivity contribution < 1.29 is 9.47 Å². The molecule has 1 aromatic heterocycles. The van der Waals surface area contributed by atoms with E-state index in [2.05, 4.69) is 22.2 Å². The number of nitrogens with one attached hydrogen (secondary N) is 1. The van der Waals surface area contributed by atoms with Gasteiger partial charge in [-0.3, -0.25) is 0 Å². The number of anilines is 1. The van der Waals surface area contributed by atoms with Crippen molar-refractivity contribution in [2.45, 2.75) is 13.3 Å². The van der Waals surface area contributed by atoms with Gasteiger partial charge in [0.2, 0.25) is 0 Å². The molecule has 0 saturated carbocycles. The summed E-state index contributed by atoms with van der Waals surface area (Å²) in [5, 5.41) is 3.25. The molecule has 0 aliphatic carbocycles. The predicted molar refractivity (Wildman–Crippen MR) is 79.4 cm³/mol. The lowest BCUT2D eigenvalue weighted by molar-refractivity contribution is 0.395. The van der Waals surface area contributed by atoms with E-state index in [1.54, 1.807) is 20.5 Å². The topological polar surface area (TPSA) is 56.3 Å². The normalized spacial score (nSPS) is 10.2. The molecule has 0 fully saturated rings. The van der Waals surface area contributed by atoms with E-state index in [4.69, 9.17) is 9.47 Å². The highest BCUT2D eigenvalue weighted by Crippen LogP contribution is 2.32. The largest absolute Gasteiger partial charge is 0.497 e. The van der Waals surface area contributed by atoms with Gasteiger partial charge in [-0.2, -0.15) is 0 Å².